The molecule has 0 amide bonds. The van der Waals surface area contributed by atoms with Gasteiger partial charge in [-0.25, -0.2) is 0 Å². The van der Waals surface area contributed by atoms with Crippen LogP contribution in [0.3, 0.4) is 0 Å². The van der Waals surface area contributed by atoms with Crippen molar-refractivity contribution in [2.24, 2.45) is 5.41 Å². The van der Waals surface area contributed by atoms with Gasteiger partial charge in [-0.05, 0) is 20.5 Å². The SMILES string of the molecule is CNCC1(CN(C)CCO)CCOC1. The predicted octanol–water partition coefficient (Wildman–Crippen LogP) is -0.463. The lowest BCUT2D eigenvalue weighted by Gasteiger charge is -2.31. The van der Waals surface area contributed by atoms with Crippen LogP contribution >= 0.6 is 0 Å². The first kappa shape index (κ1) is 11.9. The summed E-state index contributed by atoms with van der Waals surface area (Å²) in [5.74, 6) is 0. The third-order valence-corrected chi connectivity index (χ3v) is 2.82. The third kappa shape index (κ3) is 3.20. The van der Waals surface area contributed by atoms with E-state index < -0.39 is 0 Å². The Balaban J connectivity index is 2.42. The molecule has 0 spiro atoms. The zero-order valence-corrected chi connectivity index (χ0v) is 9.25. The van der Waals surface area contributed by atoms with Crippen molar-refractivity contribution in [3.63, 3.8) is 0 Å². The summed E-state index contributed by atoms with van der Waals surface area (Å²) in [4.78, 5) is 2.17. The zero-order chi connectivity index (χ0) is 10.4. The fourth-order valence-corrected chi connectivity index (χ4v) is 2.17. The average Bonchev–Trinajstić information content (AvgIpc) is 2.54. The Hall–Kier alpha value is -0.160. The Bertz CT molecular complexity index is 158. The average molecular weight is 202 g/mol. The van der Waals surface area contributed by atoms with Crippen LogP contribution in [-0.2, 0) is 4.74 Å². The molecule has 0 aliphatic carbocycles. The minimum atomic E-state index is 0.229. The zero-order valence-electron chi connectivity index (χ0n) is 9.25. The first-order valence-electron chi connectivity index (χ1n) is 5.24. The summed E-state index contributed by atoms with van der Waals surface area (Å²) in [5, 5.41) is 12.1. The number of ether oxygens (including phenoxy) is 1. The summed E-state index contributed by atoms with van der Waals surface area (Å²) in [7, 11) is 4.03. The first-order chi connectivity index (χ1) is 6.72. The maximum atomic E-state index is 8.84. The summed E-state index contributed by atoms with van der Waals surface area (Å²) >= 11 is 0. The van der Waals surface area contributed by atoms with Crippen LogP contribution in [0.25, 0.3) is 0 Å². The van der Waals surface area contributed by atoms with E-state index in [1.807, 2.05) is 14.1 Å². The standard InChI is InChI=1S/C10H22N2O2/c1-11-7-10(3-6-14-9-10)8-12(2)4-5-13/h11,13H,3-9H2,1-2H3. The highest BCUT2D eigenvalue weighted by molar-refractivity contribution is 4.87. The van der Waals surface area contributed by atoms with Crippen molar-refractivity contribution in [3.8, 4) is 0 Å². The van der Waals surface area contributed by atoms with Crippen molar-refractivity contribution in [2.75, 3.05) is 53.6 Å². The number of rotatable bonds is 6. The van der Waals surface area contributed by atoms with E-state index in [2.05, 4.69) is 10.2 Å². The fraction of sp³-hybridized carbons (Fsp3) is 1.00. The van der Waals surface area contributed by atoms with E-state index in [1.54, 1.807) is 0 Å². The Morgan fingerprint density at radius 2 is 2.36 bits per heavy atom. The summed E-state index contributed by atoms with van der Waals surface area (Å²) in [6, 6.07) is 0. The number of aliphatic hydroxyl groups is 1. The lowest BCUT2D eigenvalue weighted by molar-refractivity contribution is 0.111. The molecule has 1 aliphatic rings. The van der Waals surface area contributed by atoms with Gasteiger partial charge in [-0.1, -0.05) is 0 Å². The highest BCUT2D eigenvalue weighted by atomic mass is 16.5. The third-order valence-electron chi connectivity index (χ3n) is 2.82. The van der Waals surface area contributed by atoms with Crippen LogP contribution in [0.15, 0.2) is 0 Å². The molecule has 4 nitrogen and oxygen atoms in total. The number of aliphatic hydroxyl groups excluding tert-OH is 1. The monoisotopic (exact) mass is 202 g/mol. The molecule has 0 saturated carbocycles. The maximum Gasteiger partial charge on any atom is 0.0558 e. The van der Waals surface area contributed by atoms with Crippen molar-refractivity contribution in [1.82, 2.24) is 10.2 Å². The largest absolute Gasteiger partial charge is 0.395 e. The molecule has 1 rings (SSSR count). The van der Waals surface area contributed by atoms with Crippen molar-refractivity contribution in [2.45, 2.75) is 6.42 Å². The first-order valence-corrected chi connectivity index (χ1v) is 5.24. The van der Waals surface area contributed by atoms with Crippen LogP contribution in [0.1, 0.15) is 6.42 Å². The van der Waals surface area contributed by atoms with E-state index in [1.165, 1.54) is 0 Å². The molecule has 0 bridgehead atoms. The van der Waals surface area contributed by atoms with E-state index in [9.17, 15) is 0 Å². The van der Waals surface area contributed by atoms with Gasteiger partial charge in [0.1, 0.15) is 0 Å². The summed E-state index contributed by atoms with van der Waals surface area (Å²) < 4.78 is 5.46. The fourth-order valence-electron chi connectivity index (χ4n) is 2.17. The Morgan fingerprint density at radius 1 is 1.57 bits per heavy atom. The smallest absolute Gasteiger partial charge is 0.0558 e. The number of hydrogen-bond donors (Lipinski definition) is 2. The molecule has 1 heterocycles. The van der Waals surface area contributed by atoms with Crippen LogP contribution in [0.4, 0.5) is 0 Å². The lowest BCUT2D eigenvalue weighted by atomic mass is 9.86. The van der Waals surface area contributed by atoms with E-state index in [-0.39, 0.29) is 12.0 Å². The van der Waals surface area contributed by atoms with Gasteiger partial charge in [-0.3, -0.25) is 0 Å². The van der Waals surface area contributed by atoms with E-state index >= 15 is 0 Å². The maximum absolute atomic E-state index is 8.84. The second kappa shape index (κ2) is 5.66. The van der Waals surface area contributed by atoms with Gasteiger partial charge < -0.3 is 20.1 Å². The van der Waals surface area contributed by atoms with Gasteiger partial charge in [0.15, 0.2) is 0 Å². The second-order valence-corrected chi connectivity index (χ2v) is 4.29. The molecule has 4 heteroatoms. The van der Waals surface area contributed by atoms with Crippen molar-refractivity contribution in [3.05, 3.63) is 0 Å². The van der Waals surface area contributed by atoms with Gasteiger partial charge in [0, 0.05) is 31.7 Å². The molecule has 0 aromatic heterocycles. The summed E-state index contributed by atoms with van der Waals surface area (Å²) in [6.07, 6.45) is 1.11. The molecule has 14 heavy (non-hydrogen) atoms. The number of nitrogens with zero attached hydrogens (tertiary/aromatic N) is 1. The molecule has 1 saturated heterocycles. The number of hydrogen-bond acceptors (Lipinski definition) is 4. The van der Waals surface area contributed by atoms with Crippen molar-refractivity contribution < 1.29 is 9.84 Å². The minimum absolute atomic E-state index is 0.229. The lowest BCUT2D eigenvalue weighted by Crippen LogP contribution is -2.43. The molecule has 0 radical (unpaired) electrons. The van der Waals surface area contributed by atoms with E-state index in [0.717, 1.165) is 39.3 Å². The van der Waals surface area contributed by atoms with Gasteiger partial charge in [0.25, 0.3) is 0 Å². The summed E-state index contributed by atoms with van der Waals surface area (Å²) in [5.41, 5.74) is 0.249. The Morgan fingerprint density at radius 3 is 2.86 bits per heavy atom. The summed E-state index contributed by atoms with van der Waals surface area (Å²) in [6.45, 7) is 4.66. The molecular weight excluding hydrogens is 180 g/mol. The molecule has 1 unspecified atom stereocenters. The van der Waals surface area contributed by atoms with Gasteiger partial charge >= 0.3 is 0 Å². The van der Waals surface area contributed by atoms with Crippen molar-refractivity contribution >= 4 is 0 Å². The normalized spacial score (nSPS) is 27.4. The molecule has 2 N–H and O–H groups in total. The predicted molar refractivity (Wildman–Crippen MR) is 56.4 cm³/mol. The Kier molecular flexibility index (Phi) is 4.81. The highest BCUT2D eigenvalue weighted by Crippen LogP contribution is 2.28. The molecule has 1 aliphatic heterocycles. The van der Waals surface area contributed by atoms with Crippen LogP contribution in [0.5, 0.6) is 0 Å². The van der Waals surface area contributed by atoms with Gasteiger partial charge in [-0.2, -0.15) is 0 Å². The van der Waals surface area contributed by atoms with E-state index in [4.69, 9.17) is 9.84 Å². The minimum Gasteiger partial charge on any atom is -0.395 e. The van der Waals surface area contributed by atoms with Crippen LogP contribution < -0.4 is 5.32 Å². The Labute approximate surface area is 86.2 Å². The molecule has 1 fully saturated rings. The molecule has 1 atom stereocenters. The van der Waals surface area contributed by atoms with Crippen molar-refractivity contribution in [1.29, 1.82) is 0 Å². The van der Waals surface area contributed by atoms with Gasteiger partial charge in [-0.15, -0.1) is 0 Å². The van der Waals surface area contributed by atoms with Gasteiger partial charge in [0.2, 0.25) is 0 Å². The van der Waals surface area contributed by atoms with Crippen LogP contribution in [0, 0.1) is 5.41 Å². The van der Waals surface area contributed by atoms with Crippen LogP contribution in [0.2, 0.25) is 0 Å². The van der Waals surface area contributed by atoms with Gasteiger partial charge in [0.05, 0.1) is 13.2 Å². The highest BCUT2D eigenvalue weighted by Gasteiger charge is 2.35. The number of nitrogens with one attached hydrogen (secondary N) is 1. The molecule has 0 aromatic rings. The molecular formula is C10H22N2O2. The number of likely N-dealkylation sites (N-methyl/N-ethyl adjacent to an activating group) is 1. The molecule has 0 aromatic carbocycles. The van der Waals surface area contributed by atoms with E-state index in [0.29, 0.717) is 0 Å². The second-order valence-electron chi connectivity index (χ2n) is 4.29. The topological polar surface area (TPSA) is 44.7 Å². The molecule has 84 valence electrons. The van der Waals surface area contributed by atoms with Crippen LogP contribution in [-0.4, -0.2) is 63.6 Å². The quantitative estimate of drug-likeness (QED) is 0.611.